The fraction of sp³-hybridized carbons (Fsp3) is 0.435. The third kappa shape index (κ3) is 5.10. The predicted octanol–water partition coefficient (Wildman–Crippen LogP) is 4.81. The average molecular weight is 480 g/mol. The zero-order valence-corrected chi connectivity index (χ0v) is 19.9. The van der Waals surface area contributed by atoms with E-state index in [0.717, 1.165) is 18.4 Å². The SMILES string of the molecule is CCCCOC(=O)N1CC(C(=O)N(C)C(c2ccncc2)c2c(OC)ccc(Cl)c2Cl)C1. The summed E-state index contributed by atoms with van der Waals surface area (Å²) in [5.41, 5.74) is 1.41. The molecule has 0 radical (unpaired) electrons. The molecule has 0 spiro atoms. The number of unbranched alkanes of at least 4 members (excludes halogenated alkanes) is 1. The van der Waals surface area contributed by atoms with E-state index >= 15 is 0 Å². The van der Waals surface area contributed by atoms with E-state index < -0.39 is 6.04 Å². The molecular weight excluding hydrogens is 453 g/mol. The largest absolute Gasteiger partial charge is 0.496 e. The van der Waals surface area contributed by atoms with Crippen LogP contribution in [0.4, 0.5) is 4.79 Å². The fourth-order valence-electron chi connectivity index (χ4n) is 3.71. The molecule has 1 aromatic carbocycles. The van der Waals surface area contributed by atoms with Gasteiger partial charge in [0.15, 0.2) is 0 Å². The Morgan fingerprint density at radius 3 is 2.53 bits per heavy atom. The number of methoxy groups -OCH3 is 1. The number of amides is 2. The summed E-state index contributed by atoms with van der Waals surface area (Å²) >= 11 is 12.9. The Labute approximate surface area is 198 Å². The maximum Gasteiger partial charge on any atom is 0.409 e. The predicted molar refractivity (Wildman–Crippen MR) is 123 cm³/mol. The number of nitrogens with zero attached hydrogens (tertiary/aromatic N) is 3. The van der Waals surface area contributed by atoms with E-state index in [4.69, 9.17) is 32.7 Å². The fourth-order valence-corrected chi connectivity index (χ4v) is 4.13. The first-order valence-corrected chi connectivity index (χ1v) is 11.2. The van der Waals surface area contributed by atoms with Gasteiger partial charge in [0, 0.05) is 38.1 Å². The lowest BCUT2D eigenvalue weighted by Gasteiger charge is -2.41. The molecule has 1 aliphatic rings. The van der Waals surface area contributed by atoms with Gasteiger partial charge in [0.25, 0.3) is 0 Å². The summed E-state index contributed by atoms with van der Waals surface area (Å²) < 4.78 is 10.8. The molecule has 9 heteroatoms. The highest BCUT2D eigenvalue weighted by molar-refractivity contribution is 6.42. The highest BCUT2D eigenvalue weighted by atomic mass is 35.5. The quantitative estimate of drug-likeness (QED) is 0.507. The monoisotopic (exact) mass is 479 g/mol. The molecule has 1 atom stereocenters. The lowest BCUT2D eigenvalue weighted by atomic mass is 9.93. The Morgan fingerprint density at radius 1 is 1.22 bits per heavy atom. The number of carbonyl (C=O) groups is 2. The van der Waals surface area contributed by atoms with Gasteiger partial charge in [0.1, 0.15) is 5.75 Å². The second-order valence-corrected chi connectivity index (χ2v) is 8.46. The highest BCUT2D eigenvalue weighted by Crippen LogP contribution is 2.42. The Balaban J connectivity index is 1.83. The Hall–Kier alpha value is -2.51. The lowest BCUT2D eigenvalue weighted by molar-refractivity contribution is -0.140. The molecule has 1 saturated heterocycles. The molecule has 1 aromatic heterocycles. The first-order chi connectivity index (χ1) is 15.4. The molecule has 172 valence electrons. The first kappa shape index (κ1) is 24.1. The van der Waals surface area contributed by atoms with Crippen molar-refractivity contribution in [2.24, 2.45) is 5.92 Å². The Bertz CT molecular complexity index is 952. The summed E-state index contributed by atoms with van der Waals surface area (Å²) in [5.74, 6) is 0.0881. The maximum absolute atomic E-state index is 13.4. The third-order valence-corrected chi connectivity index (χ3v) is 6.37. The molecule has 3 rings (SSSR count). The summed E-state index contributed by atoms with van der Waals surface area (Å²) in [6.07, 6.45) is 4.70. The van der Waals surface area contributed by atoms with E-state index in [1.807, 2.05) is 19.1 Å². The number of hydrogen-bond donors (Lipinski definition) is 0. The smallest absolute Gasteiger partial charge is 0.409 e. The molecule has 2 heterocycles. The number of benzene rings is 1. The van der Waals surface area contributed by atoms with Crippen LogP contribution in [0.2, 0.25) is 10.0 Å². The van der Waals surface area contributed by atoms with Crippen molar-refractivity contribution >= 4 is 35.2 Å². The molecule has 2 amide bonds. The van der Waals surface area contributed by atoms with Gasteiger partial charge in [-0.2, -0.15) is 0 Å². The van der Waals surface area contributed by atoms with Crippen LogP contribution in [-0.4, -0.2) is 60.6 Å². The van der Waals surface area contributed by atoms with E-state index in [9.17, 15) is 9.59 Å². The molecular formula is C23H27Cl2N3O4. The Morgan fingerprint density at radius 2 is 1.91 bits per heavy atom. The molecule has 2 aromatic rings. The number of ether oxygens (including phenoxy) is 2. The maximum atomic E-state index is 13.4. The minimum absolute atomic E-state index is 0.109. The third-order valence-electron chi connectivity index (χ3n) is 5.56. The van der Waals surface area contributed by atoms with E-state index in [0.29, 0.717) is 41.1 Å². The topological polar surface area (TPSA) is 72.0 Å². The van der Waals surface area contributed by atoms with Crippen molar-refractivity contribution in [3.63, 3.8) is 0 Å². The van der Waals surface area contributed by atoms with Gasteiger partial charge in [0.2, 0.25) is 5.91 Å². The number of hydrogen-bond acceptors (Lipinski definition) is 5. The van der Waals surface area contributed by atoms with Crippen molar-refractivity contribution in [1.82, 2.24) is 14.8 Å². The van der Waals surface area contributed by atoms with Crippen LogP contribution in [0.15, 0.2) is 36.7 Å². The number of carbonyl (C=O) groups excluding carboxylic acids is 2. The molecule has 7 nitrogen and oxygen atoms in total. The normalized spacial score (nSPS) is 14.5. The number of halogens is 2. The van der Waals surface area contributed by atoms with E-state index in [-0.39, 0.29) is 17.9 Å². The van der Waals surface area contributed by atoms with Crippen molar-refractivity contribution in [2.45, 2.75) is 25.8 Å². The number of pyridine rings is 1. The van der Waals surface area contributed by atoms with Crippen molar-refractivity contribution in [1.29, 1.82) is 0 Å². The van der Waals surface area contributed by atoms with Gasteiger partial charge in [-0.05, 0) is 36.2 Å². The second kappa shape index (κ2) is 10.9. The van der Waals surface area contributed by atoms with Crippen molar-refractivity contribution in [3.05, 3.63) is 57.8 Å². The van der Waals surface area contributed by atoms with Crippen LogP contribution in [0, 0.1) is 5.92 Å². The molecule has 1 aliphatic heterocycles. The van der Waals surface area contributed by atoms with Gasteiger partial charge in [0.05, 0.1) is 35.7 Å². The number of aromatic nitrogens is 1. The molecule has 1 fully saturated rings. The summed E-state index contributed by atoms with van der Waals surface area (Å²) in [6.45, 7) is 3.05. The second-order valence-electron chi connectivity index (χ2n) is 7.68. The minimum Gasteiger partial charge on any atom is -0.496 e. The van der Waals surface area contributed by atoms with Crippen LogP contribution >= 0.6 is 23.2 Å². The van der Waals surface area contributed by atoms with Gasteiger partial charge < -0.3 is 19.3 Å². The van der Waals surface area contributed by atoms with Crippen LogP contribution in [0.5, 0.6) is 5.75 Å². The zero-order valence-electron chi connectivity index (χ0n) is 18.4. The summed E-state index contributed by atoms with van der Waals surface area (Å²) in [5, 5.41) is 0.689. The zero-order chi connectivity index (χ0) is 23.3. The van der Waals surface area contributed by atoms with Crippen molar-refractivity contribution in [3.8, 4) is 5.75 Å². The lowest BCUT2D eigenvalue weighted by Crippen LogP contribution is -2.56. The van der Waals surface area contributed by atoms with Gasteiger partial charge in [-0.15, -0.1) is 0 Å². The molecule has 0 N–H and O–H groups in total. The van der Waals surface area contributed by atoms with Crippen molar-refractivity contribution < 1.29 is 19.1 Å². The van der Waals surface area contributed by atoms with Crippen molar-refractivity contribution in [2.75, 3.05) is 33.9 Å². The highest BCUT2D eigenvalue weighted by Gasteiger charge is 2.40. The molecule has 32 heavy (non-hydrogen) atoms. The van der Waals surface area contributed by atoms with Crippen LogP contribution in [0.3, 0.4) is 0 Å². The minimum atomic E-state index is -0.544. The van der Waals surface area contributed by atoms with Gasteiger partial charge in [-0.25, -0.2) is 4.79 Å². The number of likely N-dealkylation sites (tertiary alicyclic amines) is 1. The molecule has 0 aliphatic carbocycles. The first-order valence-electron chi connectivity index (χ1n) is 10.5. The average Bonchev–Trinajstić information content (AvgIpc) is 2.76. The summed E-state index contributed by atoms with van der Waals surface area (Å²) in [6, 6.07) is 6.49. The van der Waals surface area contributed by atoms with Crippen LogP contribution < -0.4 is 4.74 Å². The van der Waals surface area contributed by atoms with Gasteiger partial charge in [-0.3, -0.25) is 9.78 Å². The molecule has 0 bridgehead atoms. The van der Waals surface area contributed by atoms with Gasteiger partial charge >= 0.3 is 6.09 Å². The Kier molecular flexibility index (Phi) is 8.21. The molecule has 1 unspecified atom stereocenters. The van der Waals surface area contributed by atoms with Crippen LogP contribution in [0.25, 0.3) is 0 Å². The van der Waals surface area contributed by atoms with E-state index in [2.05, 4.69) is 4.98 Å². The van der Waals surface area contributed by atoms with Gasteiger partial charge in [-0.1, -0.05) is 36.5 Å². The summed E-state index contributed by atoms with van der Waals surface area (Å²) in [4.78, 5) is 32.7. The van der Waals surface area contributed by atoms with E-state index in [1.54, 1.807) is 48.5 Å². The van der Waals surface area contributed by atoms with Crippen LogP contribution in [-0.2, 0) is 9.53 Å². The summed E-state index contributed by atoms with van der Waals surface area (Å²) in [7, 11) is 3.26. The molecule has 0 saturated carbocycles. The van der Waals surface area contributed by atoms with E-state index in [1.165, 1.54) is 0 Å². The number of rotatable bonds is 8. The van der Waals surface area contributed by atoms with Crippen LogP contribution in [0.1, 0.15) is 36.9 Å². The standard InChI is InChI=1S/C23H27Cl2N3O4/c1-4-5-12-32-23(30)28-13-16(14-28)22(29)27(2)21(15-8-10-26-11-9-15)19-18(31-3)7-6-17(24)20(19)25/h6-11,16,21H,4-5,12-14H2,1-3H3.